The van der Waals surface area contributed by atoms with E-state index in [1.165, 1.54) is 5.56 Å². The molecule has 2 fully saturated rings. The molecule has 0 spiro atoms. The zero-order chi connectivity index (χ0) is 15.7. The van der Waals surface area contributed by atoms with Crippen molar-refractivity contribution in [3.63, 3.8) is 0 Å². The average molecular weight is 305 g/mol. The molecule has 2 heterocycles. The molecule has 1 aromatic rings. The number of nitrogens with zero attached hydrogens (tertiary/aromatic N) is 3. The normalized spacial score (nSPS) is 25.8. The fourth-order valence-corrected chi connectivity index (χ4v) is 3.52. The van der Waals surface area contributed by atoms with Crippen molar-refractivity contribution in [1.29, 1.82) is 0 Å². The molecule has 22 heavy (non-hydrogen) atoms. The van der Waals surface area contributed by atoms with Crippen molar-refractivity contribution in [3.8, 4) is 0 Å². The molecule has 1 amide bonds. The molecule has 6 heteroatoms. The van der Waals surface area contributed by atoms with Gasteiger partial charge in [-0.05, 0) is 44.1 Å². The number of aromatic nitrogens is 2. The Balaban J connectivity index is 1.55. The number of piperidine rings is 1. The van der Waals surface area contributed by atoms with E-state index in [0.717, 1.165) is 38.9 Å². The molecular formula is C16H23N3O3. The number of hydrogen-bond acceptors (Lipinski definition) is 3. The summed E-state index contributed by atoms with van der Waals surface area (Å²) in [6.45, 7) is 4.39. The van der Waals surface area contributed by atoms with Crippen molar-refractivity contribution in [2.24, 2.45) is 11.8 Å². The standard InChI is InChI=1S/C16H23N3O3/c1-2-19-10-12(9-17-19)11-5-7-18(8-6-11)15(20)13-3-4-14(13)16(21)22/h9-11,13-14H,2-8H2,1H3,(H,21,22). The molecule has 0 radical (unpaired) electrons. The first kappa shape index (κ1) is 15.1. The minimum atomic E-state index is -0.827. The van der Waals surface area contributed by atoms with Crippen LogP contribution in [-0.4, -0.2) is 44.8 Å². The Kier molecular flexibility index (Phi) is 4.18. The second-order valence-corrected chi connectivity index (χ2v) is 6.36. The Bertz CT molecular complexity index is 561. The van der Waals surface area contributed by atoms with Crippen molar-refractivity contribution in [1.82, 2.24) is 14.7 Å². The molecule has 1 saturated heterocycles. The summed E-state index contributed by atoms with van der Waals surface area (Å²) in [5.41, 5.74) is 1.25. The van der Waals surface area contributed by atoms with Crippen molar-refractivity contribution in [3.05, 3.63) is 18.0 Å². The number of likely N-dealkylation sites (tertiary alicyclic amines) is 1. The molecule has 3 rings (SSSR count). The van der Waals surface area contributed by atoms with Gasteiger partial charge in [-0.15, -0.1) is 0 Å². The number of aliphatic carboxylic acids is 1. The zero-order valence-electron chi connectivity index (χ0n) is 12.9. The molecule has 1 aromatic heterocycles. The van der Waals surface area contributed by atoms with Gasteiger partial charge in [0.1, 0.15) is 0 Å². The maximum atomic E-state index is 12.4. The Hall–Kier alpha value is -1.85. The number of carboxylic acid groups (broad SMARTS) is 1. The number of hydrogen-bond donors (Lipinski definition) is 1. The van der Waals surface area contributed by atoms with E-state index >= 15 is 0 Å². The molecular weight excluding hydrogens is 282 g/mol. The van der Waals surface area contributed by atoms with Gasteiger partial charge in [-0.1, -0.05) is 0 Å². The molecule has 1 saturated carbocycles. The molecule has 2 atom stereocenters. The van der Waals surface area contributed by atoms with Gasteiger partial charge in [0, 0.05) is 25.8 Å². The second-order valence-electron chi connectivity index (χ2n) is 6.36. The van der Waals surface area contributed by atoms with Gasteiger partial charge in [-0.2, -0.15) is 5.10 Å². The van der Waals surface area contributed by atoms with Crippen LogP contribution < -0.4 is 0 Å². The largest absolute Gasteiger partial charge is 0.481 e. The summed E-state index contributed by atoms with van der Waals surface area (Å²) in [7, 11) is 0. The molecule has 1 N–H and O–H groups in total. The van der Waals surface area contributed by atoms with Crippen molar-refractivity contribution in [2.45, 2.75) is 45.1 Å². The number of carbonyl (C=O) groups is 2. The van der Waals surface area contributed by atoms with Crippen LogP contribution in [0.3, 0.4) is 0 Å². The highest BCUT2D eigenvalue weighted by molar-refractivity contribution is 5.86. The van der Waals surface area contributed by atoms with Crippen LogP contribution in [-0.2, 0) is 16.1 Å². The lowest BCUT2D eigenvalue weighted by Gasteiger charge is -2.39. The Morgan fingerprint density at radius 2 is 1.91 bits per heavy atom. The van der Waals surface area contributed by atoms with Crippen LogP contribution in [0.5, 0.6) is 0 Å². The summed E-state index contributed by atoms with van der Waals surface area (Å²) < 4.78 is 1.93. The van der Waals surface area contributed by atoms with Crippen LogP contribution in [0.4, 0.5) is 0 Å². The molecule has 0 aromatic carbocycles. The Morgan fingerprint density at radius 3 is 2.41 bits per heavy atom. The van der Waals surface area contributed by atoms with E-state index in [2.05, 4.69) is 18.2 Å². The fourth-order valence-electron chi connectivity index (χ4n) is 3.52. The Morgan fingerprint density at radius 1 is 1.23 bits per heavy atom. The highest BCUT2D eigenvalue weighted by atomic mass is 16.4. The highest BCUT2D eigenvalue weighted by Crippen LogP contribution is 2.37. The van der Waals surface area contributed by atoms with Crippen LogP contribution in [0.2, 0.25) is 0 Å². The summed E-state index contributed by atoms with van der Waals surface area (Å²) in [4.78, 5) is 25.4. The molecule has 120 valence electrons. The van der Waals surface area contributed by atoms with Crippen LogP contribution in [0.15, 0.2) is 12.4 Å². The van der Waals surface area contributed by atoms with Gasteiger partial charge in [0.05, 0.1) is 18.0 Å². The number of amides is 1. The third-order valence-corrected chi connectivity index (χ3v) is 5.16. The van der Waals surface area contributed by atoms with Gasteiger partial charge < -0.3 is 10.0 Å². The number of carboxylic acids is 1. The lowest BCUT2D eigenvalue weighted by molar-refractivity contribution is -0.157. The lowest BCUT2D eigenvalue weighted by Crippen LogP contribution is -2.48. The van der Waals surface area contributed by atoms with E-state index in [4.69, 9.17) is 5.11 Å². The first-order valence-corrected chi connectivity index (χ1v) is 8.14. The van der Waals surface area contributed by atoms with Crippen molar-refractivity contribution < 1.29 is 14.7 Å². The predicted octanol–water partition coefficient (Wildman–Crippen LogP) is 1.72. The van der Waals surface area contributed by atoms with Crippen LogP contribution in [0.25, 0.3) is 0 Å². The van der Waals surface area contributed by atoms with E-state index in [1.807, 2.05) is 15.8 Å². The smallest absolute Gasteiger partial charge is 0.307 e. The fraction of sp³-hybridized carbons (Fsp3) is 0.688. The predicted molar refractivity (Wildman–Crippen MR) is 80.3 cm³/mol. The number of aryl methyl sites for hydroxylation is 1. The van der Waals surface area contributed by atoms with Gasteiger partial charge >= 0.3 is 5.97 Å². The SMILES string of the molecule is CCn1cc(C2CCN(C(=O)C3CCC3C(=O)O)CC2)cn1. The summed E-state index contributed by atoms with van der Waals surface area (Å²) >= 11 is 0. The summed E-state index contributed by atoms with van der Waals surface area (Å²) in [5.74, 6) is -1.08. The van der Waals surface area contributed by atoms with Crippen molar-refractivity contribution >= 4 is 11.9 Å². The monoisotopic (exact) mass is 305 g/mol. The van der Waals surface area contributed by atoms with Crippen LogP contribution in [0, 0.1) is 11.8 Å². The summed E-state index contributed by atoms with van der Waals surface area (Å²) in [6.07, 6.45) is 7.25. The quantitative estimate of drug-likeness (QED) is 0.919. The lowest BCUT2D eigenvalue weighted by atomic mass is 9.72. The second kappa shape index (κ2) is 6.10. The van der Waals surface area contributed by atoms with Gasteiger partial charge in [0.15, 0.2) is 0 Å². The average Bonchev–Trinajstić information content (AvgIpc) is 2.94. The number of carbonyl (C=O) groups excluding carboxylic acids is 1. The third-order valence-electron chi connectivity index (χ3n) is 5.16. The molecule has 1 aliphatic heterocycles. The van der Waals surface area contributed by atoms with Gasteiger partial charge in [0.2, 0.25) is 5.91 Å². The van der Waals surface area contributed by atoms with Gasteiger partial charge in [-0.25, -0.2) is 0 Å². The zero-order valence-corrected chi connectivity index (χ0v) is 12.9. The third kappa shape index (κ3) is 2.74. The Labute approximate surface area is 130 Å². The summed E-state index contributed by atoms with van der Waals surface area (Å²) in [5, 5.41) is 13.4. The molecule has 2 unspecified atom stereocenters. The molecule has 1 aliphatic carbocycles. The van der Waals surface area contributed by atoms with Gasteiger partial charge in [-0.3, -0.25) is 14.3 Å². The minimum absolute atomic E-state index is 0.0429. The van der Waals surface area contributed by atoms with Gasteiger partial charge in [0.25, 0.3) is 0 Å². The van der Waals surface area contributed by atoms with E-state index < -0.39 is 11.9 Å². The van der Waals surface area contributed by atoms with E-state index in [0.29, 0.717) is 12.3 Å². The topological polar surface area (TPSA) is 75.4 Å². The van der Waals surface area contributed by atoms with Crippen LogP contribution in [0.1, 0.15) is 44.1 Å². The highest BCUT2D eigenvalue weighted by Gasteiger charge is 2.43. The van der Waals surface area contributed by atoms with E-state index in [1.54, 1.807) is 0 Å². The summed E-state index contributed by atoms with van der Waals surface area (Å²) in [6, 6.07) is 0. The first-order valence-electron chi connectivity index (χ1n) is 8.14. The molecule has 2 aliphatic rings. The number of rotatable bonds is 4. The van der Waals surface area contributed by atoms with Crippen LogP contribution >= 0.6 is 0 Å². The first-order chi connectivity index (χ1) is 10.6. The van der Waals surface area contributed by atoms with E-state index in [9.17, 15) is 9.59 Å². The minimum Gasteiger partial charge on any atom is -0.481 e. The van der Waals surface area contributed by atoms with Crippen molar-refractivity contribution in [2.75, 3.05) is 13.1 Å². The maximum absolute atomic E-state index is 12.4. The molecule has 6 nitrogen and oxygen atoms in total. The van der Waals surface area contributed by atoms with E-state index in [-0.39, 0.29) is 11.8 Å². The molecule has 0 bridgehead atoms. The maximum Gasteiger partial charge on any atom is 0.307 e.